The van der Waals surface area contributed by atoms with Crippen molar-refractivity contribution in [2.45, 2.75) is 19.3 Å². The Morgan fingerprint density at radius 1 is 1.00 bits per heavy atom. The first-order chi connectivity index (χ1) is 2.41. The molecule has 0 saturated carbocycles. The lowest BCUT2D eigenvalue weighted by atomic mass is 10.3. The maximum Gasteiger partial charge on any atom is -0.0533 e. The second kappa shape index (κ2) is 4.00. The van der Waals surface area contributed by atoms with E-state index < -0.39 is 0 Å². The van der Waals surface area contributed by atoms with Gasteiger partial charge in [-0.2, -0.15) is 0 Å². The molecule has 0 aromatic carbocycles. The quantitative estimate of drug-likeness (QED) is 0.465. The molecule has 0 N–H and O–H groups in total. The highest BCUT2D eigenvalue weighted by molar-refractivity contribution is 4.41. The zero-order valence-corrected chi connectivity index (χ0v) is 3.54. The summed E-state index contributed by atoms with van der Waals surface area (Å²) in [6.45, 7) is 7.27. The van der Waals surface area contributed by atoms with E-state index in [-0.39, 0.29) is 0 Å². The molecule has 5 heavy (non-hydrogen) atoms. The van der Waals surface area contributed by atoms with Gasteiger partial charge in [0, 0.05) is 0 Å². The number of hydrogen-bond acceptors (Lipinski definition) is 0. The lowest BCUT2D eigenvalue weighted by Gasteiger charge is -1.78. The molecule has 0 amide bonds. The van der Waals surface area contributed by atoms with Crippen LogP contribution in [0, 0.1) is 13.8 Å². The Kier molecular flexibility index (Phi) is 4.00. The minimum atomic E-state index is 1.03. The largest absolute Gasteiger partial charge is 0.0533 e. The van der Waals surface area contributed by atoms with Gasteiger partial charge in [0.05, 0.1) is 0 Å². The minimum absolute atomic E-state index is 1.03. The van der Waals surface area contributed by atoms with E-state index in [1.165, 1.54) is 6.42 Å². The van der Waals surface area contributed by atoms with Crippen LogP contribution in [0.5, 0.6) is 0 Å². The molecule has 0 aromatic heterocycles. The number of rotatable bonds is 2. The van der Waals surface area contributed by atoms with Gasteiger partial charge in [-0.15, -0.1) is 0 Å². The maximum absolute atomic E-state index is 3.64. The van der Waals surface area contributed by atoms with Crippen LogP contribution in [0.25, 0.3) is 0 Å². The minimum Gasteiger partial charge on any atom is -0.0533 e. The van der Waals surface area contributed by atoms with E-state index in [0.717, 1.165) is 12.8 Å². The third-order valence-corrected chi connectivity index (χ3v) is 0.500. The van der Waals surface area contributed by atoms with E-state index in [1.807, 2.05) is 0 Å². The van der Waals surface area contributed by atoms with Crippen molar-refractivity contribution < 1.29 is 0 Å². The standard InChI is InChI=1S/C5H10/c1-3-5-4-2/h1-5H2. The molecular weight excluding hydrogens is 60.1 g/mol. The van der Waals surface area contributed by atoms with Crippen molar-refractivity contribution in [2.75, 3.05) is 0 Å². The van der Waals surface area contributed by atoms with E-state index in [2.05, 4.69) is 13.8 Å². The van der Waals surface area contributed by atoms with Gasteiger partial charge in [-0.25, -0.2) is 0 Å². The van der Waals surface area contributed by atoms with Crippen molar-refractivity contribution in [1.29, 1.82) is 0 Å². The van der Waals surface area contributed by atoms with Crippen LogP contribution < -0.4 is 0 Å². The van der Waals surface area contributed by atoms with Crippen LogP contribution in [-0.2, 0) is 0 Å². The Morgan fingerprint density at radius 3 is 1.40 bits per heavy atom. The lowest BCUT2D eigenvalue weighted by Crippen LogP contribution is -1.60. The summed E-state index contributed by atoms with van der Waals surface area (Å²) in [5.41, 5.74) is 0. The van der Waals surface area contributed by atoms with E-state index in [1.54, 1.807) is 0 Å². The fourth-order valence-corrected chi connectivity index (χ4v) is 0.177. The molecule has 30 valence electrons. The van der Waals surface area contributed by atoms with Gasteiger partial charge >= 0.3 is 0 Å². The topological polar surface area (TPSA) is 0 Å². The molecule has 0 aliphatic rings. The Morgan fingerprint density at radius 2 is 1.40 bits per heavy atom. The van der Waals surface area contributed by atoms with E-state index >= 15 is 0 Å². The van der Waals surface area contributed by atoms with Gasteiger partial charge in [0.2, 0.25) is 0 Å². The van der Waals surface area contributed by atoms with Gasteiger partial charge < -0.3 is 0 Å². The van der Waals surface area contributed by atoms with Crippen molar-refractivity contribution in [1.82, 2.24) is 0 Å². The molecule has 0 saturated heterocycles. The zero-order chi connectivity index (χ0) is 4.12. The molecule has 0 fully saturated rings. The first kappa shape index (κ1) is 5.00. The summed E-state index contributed by atoms with van der Waals surface area (Å²) < 4.78 is 0. The third kappa shape index (κ3) is 4.00. The molecule has 0 aliphatic heterocycles. The molecule has 0 aliphatic carbocycles. The predicted molar refractivity (Wildman–Crippen MR) is 24.6 cm³/mol. The Balaban J connectivity index is 2.19. The summed E-state index contributed by atoms with van der Waals surface area (Å²) in [5, 5.41) is 0. The highest BCUT2D eigenvalue weighted by Crippen LogP contribution is 1.87. The first-order valence-corrected chi connectivity index (χ1v) is 2.00. The molecule has 2 radical (unpaired) electrons. The van der Waals surface area contributed by atoms with Crippen LogP contribution in [0.1, 0.15) is 19.3 Å². The average Bonchev–Trinajstić information content (AvgIpc) is 1.41. The SMILES string of the molecule is [CH2]CCC[CH2]. The summed E-state index contributed by atoms with van der Waals surface area (Å²) in [6.07, 6.45) is 3.23. The van der Waals surface area contributed by atoms with Gasteiger partial charge in [0.25, 0.3) is 0 Å². The molecule has 0 atom stereocenters. The van der Waals surface area contributed by atoms with Crippen molar-refractivity contribution >= 4 is 0 Å². The highest BCUT2D eigenvalue weighted by atomic mass is 13.7. The Bertz CT molecular complexity index is 7.51. The van der Waals surface area contributed by atoms with Gasteiger partial charge in [0.1, 0.15) is 0 Å². The van der Waals surface area contributed by atoms with E-state index in [9.17, 15) is 0 Å². The molecular formula is C5H10. The maximum atomic E-state index is 3.64. The summed E-state index contributed by atoms with van der Waals surface area (Å²) >= 11 is 0. The third-order valence-electron chi connectivity index (χ3n) is 0.500. The smallest absolute Gasteiger partial charge is 0.0533 e. The lowest BCUT2D eigenvalue weighted by molar-refractivity contribution is 0.864. The van der Waals surface area contributed by atoms with E-state index in [4.69, 9.17) is 0 Å². The zero-order valence-electron chi connectivity index (χ0n) is 3.54. The molecule has 0 nitrogen and oxygen atoms in total. The summed E-state index contributed by atoms with van der Waals surface area (Å²) in [5.74, 6) is 0. The van der Waals surface area contributed by atoms with E-state index in [0.29, 0.717) is 0 Å². The molecule has 0 aromatic rings. The van der Waals surface area contributed by atoms with Crippen molar-refractivity contribution in [2.24, 2.45) is 0 Å². The fraction of sp³-hybridized carbons (Fsp3) is 0.600. The molecule has 0 rings (SSSR count). The van der Waals surface area contributed by atoms with Gasteiger partial charge in [-0.3, -0.25) is 0 Å². The van der Waals surface area contributed by atoms with Crippen molar-refractivity contribution in [3.05, 3.63) is 13.8 Å². The van der Waals surface area contributed by atoms with Gasteiger partial charge in [0.15, 0.2) is 0 Å². The second-order valence-electron chi connectivity index (χ2n) is 1.06. The highest BCUT2D eigenvalue weighted by Gasteiger charge is 1.68. The van der Waals surface area contributed by atoms with Crippen LogP contribution in [0.4, 0.5) is 0 Å². The summed E-state index contributed by atoms with van der Waals surface area (Å²) in [7, 11) is 0. The molecule has 0 unspecified atom stereocenters. The molecule has 0 heteroatoms. The van der Waals surface area contributed by atoms with Crippen LogP contribution in [-0.4, -0.2) is 0 Å². The van der Waals surface area contributed by atoms with Crippen LogP contribution >= 0.6 is 0 Å². The monoisotopic (exact) mass is 70.1 g/mol. The predicted octanol–water partition coefficient (Wildman–Crippen LogP) is 1.82. The first-order valence-electron chi connectivity index (χ1n) is 2.00. The van der Waals surface area contributed by atoms with Crippen LogP contribution in [0.2, 0.25) is 0 Å². The number of unbranched alkanes of at least 4 members (excludes halogenated alkanes) is 2. The Labute approximate surface area is 34.2 Å². The summed E-state index contributed by atoms with van der Waals surface area (Å²) in [4.78, 5) is 0. The molecule has 0 heterocycles. The molecule has 0 bridgehead atoms. The molecule has 0 spiro atoms. The summed E-state index contributed by atoms with van der Waals surface area (Å²) in [6, 6.07) is 0. The van der Waals surface area contributed by atoms with Crippen molar-refractivity contribution in [3.63, 3.8) is 0 Å². The Hall–Kier alpha value is 0. The van der Waals surface area contributed by atoms with Crippen molar-refractivity contribution in [3.8, 4) is 0 Å². The second-order valence-corrected chi connectivity index (χ2v) is 1.06. The van der Waals surface area contributed by atoms with Gasteiger partial charge in [-0.1, -0.05) is 33.1 Å². The fourth-order valence-electron chi connectivity index (χ4n) is 0.177. The normalized spacial score (nSPS) is 8.40. The van der Waals surface area contributed by atoms with Crippen LogP contribution in [0.15, 0.2) is 0 Å². The average molecular weight is 70.1 g/mol. The number of hydrogen-bond donors (Lipinski definition) is 0. The van der Waals surface area contributed by atoms with Crippen LogP contribution in [0.3, 0.4) is 0 Å². The van der Waals surface area contributed by atoms with Gasteiger partial charge in [-0.05, 0) is 0 Å².